The smallest absolute Gasteiger partial charge is 0.275 e. The van der Waals surface area contributed by atoms with Gasteiger partial charge >= 0.3 is 0 Å². The SMILES string of the molecule is CCc1cc(NC(=O)c2cc(Cl)ccn2)n[nH]1. The monoisotopic (exact) mass is 250 g/mol. The van der Waals surface area contributed by atoms with Crippen molar-refractivity contribution in [3.8, 4) is 0 Å². The van der Waals surface area contributed by atoms with Gasteiger partial charge in [-0.3, -0.25) is 14.9 Å². The van der Waals surface area contributed by atoms with E-state index in [2.05, 4.69) is 20.5 Å². The largest absolute Gasteiger partial charge is 0.304 e. The van der Waals surface area contributed by atoms with Crippen molar-refractivity contribution >= 4 is 23.3 Å². The molecule has 2 heterocycles. The van der Waals surface area contributed by atoms with Crippen LogP contribution in [0.3, 0.4) is 0 Å². The Labute approximate surface area is 103 Å². The molecule has 1 amide bonds. The van der Waals surface area contributed by atoms with E-state index in [1.165, 1.54) is 12.3 Å². The zero-order valence-electron chi connectivity index (χ0n) is 9.20. The highest BCUT2D eigenvalue weighted by molar-refractivity contribution is 6.30. The molecule has 0 saturated heterocycles. The Bertz CT molecular complexity index is 538. The standard InChI is InChI=1S/C11H11ClN4O/c1-2-8-6-10(16-15-8)14-11(17)9-5-7(12)3-4-13-9/h3-6H,2H2,1H3,(H2,14,15,16,17). The lowest BCUT2D eigenvalue weighted by Gasteiger charge is -2.00. The summed E-state index contributed by atoms with van der Waals surface area (Å²) in [5.74, 6) is 0.148. The molecule has 2 aromatic heterocycles. The van der Waals surface area contributed by atoms with E-state index in [-0.39, 0.29) is 11.6 Å². The number of carbonyl (C=O) groups is 1. The molecule has 2 rings (SSSR count). The summed E-state index contributed by atoms with van der Waals surface area (Å²) in [6, 6.07) is 4.90. The predicted molar refractivity (Wildman–Crippen MR) is 65.2 cm³/mol. The number of aromatic nitrogens is 3. The van der Waals surface area contributed by atoms with Crippen molar-refractivity contribution in [2.75, 3.05) is 5.32 Å². The molecule has 0 radical (unpaired) electrons. The van der Waals surface area contributed by atoms with Gasteiger partial charge in [0, 0.05) is 23.0 Å². The molecule has 6 heteroatoms. The van der Waals surface area contributed by atoms with E-state index in [0.717, 1.165) is 12.1 Å². The number of amides is 1. The number of halogens is 1. The van der Waals surface area contributed by atoms with E-state index in [4.69, 9.17) is 11.6 Å². The van der Waals surface area contributed by atoms with Gasteiger partial charge in [-0.1, -0.05) is 18.5 Å². The van der Waals surface area contributed by atoms with Crippen molar-refractivity contribution in [3.63, 3.8) is 0 Å². The maximum Gasteiger partial charge on any atom is 0.275 e. The minimum atomic E-state index is -0.332. The molecule has 0 aliphatic carbocycles. The molecule has 0 saturated carbocycles. The van der Waals surface area contributed by atoms with E-state index >= 15 is 0 Å². The molecule has 17 heavy (non-hydrogen) atoms. The van der Waals surface area contributed by atoms with Crippen molar-refractivity contribution in [1.82, 2.24) is 15.2 Å². The number of pyridine rings is 1. The highest BCUT2D eigenvalue weighted by Gasteiger charge is 2.09. The van der Waals surface area contributed by atoms with Gasteiger partial charge in [-0.25, -0.2) is 0 Å². The van der Waals surface area contributed by atoms with Crippen molar-refractivity contribution in [2.24, 2.45) is 0 Å². The number of hydrogen-bond acceptors (Lipinski definition) is 3. The molecule has 0 atom stereocenters. The molecule has 2 N–H and O–H groups in total. The average molecular weight is 251 g/mol. The van der Waals surface area contributed by atoms with E-state index in [1.54, 1.807) is 12.1 Å². The minimum absolute atomic E-state index is 0.263. The normalized spacial score (nSPS) is 10.2. The van der Waals surface area contributed by atoms with Crippen LogP contribution in [0.4, 0.5) is 5.82 Å². The molecule has 0 aliphatic heterocycles. The number of hydrogen-bond donors (Lipinski definition) is 2. The maximum atomic E-state index is 11.8. The molecule has 0 spiro atoms. The lowest BCUT2D eigenvalue weighted by atomic mass is 10.3. The molecule has 0 bridgehead atoms. The highest BCUT2D eigenvalue weighted by atomic mass is 35.5. The Morgan fingerprint density at radius 3 is 3.00 bits per heavy atom. The number of nitrogens with zero attached hydrogens (tertiary/aromatic N) is 2. The summed E-state index contributed by atoms with van der Waals surface area (Å²) < 4.78 is 0. The zero-order chi connectivity index (χ0) is 12.3. The third-order valence-corrected chi connectivity index (χ3v) is 2.44. The van der Waals surface area contributed by atoms with Gasteiger partial charge in [0.1, 0.15) is 5.69 Å². The number of nitrogens with one attached hydrogen (secondary N) is 2. The number of carbonyl (C=O) groups excluding carboxylic acids is 1. The number of anilines is 1. The van der Waals surface area contributed by atoms with Crippen LogP contribution in [0.5, 0.6) is 0 Å². The Balaban J connectivity index is 2.11. The molecule has 5 nitrogen and oxygen atoms in total. The summed E-state index contributed by atoms with van der Waals surface area (Å²) in [7, 11) is 0. The molecule has 0 unspecified atom stereocenters. The summed E-state index contributed by atoms with van der Waals surface area (Å²) in [4.78, 5) is 15.7. The van der Waals surface area contributed by atoms with E-state index in [9.17, 15) is 4.79 Å². The van der Waals surface area contributed by atoms with Crippen LogP contribution in [0.25, 0.3) is 0 Å². The second-order valence-corrected chi connectivity index (χ2v) is 3.88. The van der Waals surface area contributed by atoms with Crippen LogP contribution in [0.1, 0.15) is 23.1 Å². The van der Waals surface area contributed by atoms with Gasteiger partial charge in [-0.05, 0) is 18.6 Å². The van der Waals surface area contributed by atoms with Crippen LogP contribution >= 0.6 is 11.6 Å². The molecule has 0 aromatic carbocycles. The van der Waals surface area contributed by atoms with Gasteiger partial charge in [0.25, 0.3) is 5.91 Å². The quantitative estimate of drug-likeness (QED) is 0.878. The lowest BCUT2D eigenvalue weighted by Crippen LogP contribution is -2.13. The topological polar surface area (TPSA) is 70.7 Å². The third-order valence-electron chi connectivity index (χ3n) is 2.21. The van der Waals surface area contributed by atoms with Gasteiger partial charge in [-0.2, -0.15) is 5.10 Å². The maximum absolute atomic E-state index is 11.8. The number of aryl methyl sites for hydroxylation is 1. The summed E-state index contributed by atoms with van der Waals surface area (Å²) in [6.07, 6.45) is 2.32. The molecule has 0 aliphatic rings. The fourth-order valence-corrected chi connectivity index (χ4v) is 1.48. The average Bonchev–Trinajstić information content (AvgIpc) is 2.77. The first-order valence-corrected chi connectivity index (χ1v) is 5.54. The molecule has 0 fully saturated rings. The Kier molecular flexibility index (Phi) is 3.39. The van der Waals surface area contributed by atoms with Gasteiger partial charge in [0.2, 0.25) is 0 Å². The number of aromatic amines is 1. The lowest BCUT2D eigenvalue weighted by molar-refractivity contribution is 0.102. The van der Waals surface area contributed by atoms with Crippen LogP contribution in [0, 0.1) is 0 Å². The minimum Gasteiger partial charge on any atom is -0.304 e. The first-order chi connectivity index (χ1) is 8.19. The van der Waals surface area contributed by atoms with E-state index in [1.807, 2.05) is 6.92 Å². The summed E-state index contributed by atoms with van der Waals surface area (Å²) in [5, 5.41) is 9.88. The van der Waals surface area contributed by atoms with Crippen molar-refractivity contribution in [1.29, 1.82) is 0 Å². The Morgan fingerprint density at radius 1 is 1.53 bits per heavy atom. The van der Waals surface area contributed by atoms with Crippen LogP contribution in [0.2, 0.25) is 5.02 Å². The second kappa shape index (κ2) is 4.97. The first-order valence-electron chi connectivity index (χ1n) is 5.16. The van der Waals surface area contributed by atoms with E-state index < -0.39 is 0 Å². The number of H-pyrrole nitrogens is 1. The van der Waals surface area contributed by atoms with Crippen LogP contribution in [-0.2, 0) is 6.42 Å². The Morgan fingerprint density at radius 2 is 2.35 bits per heavy atom. The van der Waals surface area contributed by atoms with Crippen LogP contribution < -0.4 is 5.32 Å². The molecular formula is C11H11ClN4O. The second-order valence-electron chi connectivity index (χ2n) is 3.45. The van der Waals surface area contributed by atoms with Crippen molar-refractivity contribution in [2.45, 2.75) is 13.3 Å². The predicted octanol–water partition coefficient (Wildman–Crippen LogP) is 2.27. The molecule has 2 aromatic rings. The van der Waals surface area contributed by atoms with E-state index in [0.29, 0.717) is 10.8 Å². The summed E-state index contributed by atoms with van der Waals surface area (Å²) >= 11 is 5.78. The zero-order valence-corrected chi connectivity index (χ0v) is 9.95. The van der Waals surface area contributed by atoms with Gasteiger partial charge in [0.05, 0.1) is 0 Å². The third kappa shape index (κ3) is 2.82. The van der Waals surface area contributed by atoms with Crippen LogP contribution in [0.15, 0.2) is 24.4 Å². The molecule has 88 valence electrons. The fraction of sp³-hybridized carbons (Fsp3) is 0.182. The summed E-state index contributed by atoms with van der Waals surface area (Å²) in [5.41, 5.74) is 1.22. The van der Waals surface area contributed by atoms with Crippen LogP contribution in [-0.4, -0.2) is 21.1 Å². The molecular weight excluding hydrogens is 240 g/mol. The van der Waals surface area contributed by atoms with Crippen molar-refractivity contribution < 1.29 is 4.79 Å². The van der Waals surface area contributed by atoms with Crippen molar-refractivity contribution in [3.05, 3.63) is 40.8 Å². The summed E-state index contributed by atoms with van der Waals surface area (Å²) in [6.45, 7) is 2.00. The van der Waals surface area contributed by atoms with Gasteiger partial charge in [0.15, 0.2) is 5.82 Å². The van der Waals surface area contributed by atoms with Gasteiger partial charge in [-0.15, -0.1) is 0 Å². The highest BCUT2D eigenvalue weighted by Crippen LogP contribution is 2.11. The fourth-order valence-electron chi connectivity index (χ4n) is 1.32. The first kappa shape index (κ1) is 11.6. The van der Waals surface area contributed by atoms with Gasteiger partial charge < -0.3 is 5.32 Å². The number of rotatable bonds is 3. The Hall–Kier alpha value is -1.88.